The van der Waals surface area contributed by atoms with E-state index in [1.807, 2.05) is 0 Å². The number of rotatable bonds is 2. The number of hydrogen-bond donors (Lipinski definition) is 1. The fraction of sp³-hybridized carbons (Fsp3) is 1.00. The molecule has 2 aliphatic heterocycles. The van der Waals surface area contributed by atoms with E-state index < -0.39 is 0 Å². The van der Waals surface area contributed by atoms with Crippen LogP contribution in [0.15, 0.2) is 0 Å². The van der Waals surface area contributed by atoms with Crippen molar-refractivity contribution in [2.24, 2.45) is 0 Å². The smallest absolute Gasteiger partial charge is 0.170 e. The number of likely N-dealkylation sites (tertiary alicyclic amines) is 1. The molecular formula is C13H24N2O2. The van der Waals surface area contributed by atoms with Crippen molar-refractivity contribution in [1.82, 2.24) is 10.2 Å². The standard InChI is InChI=1S/C13H24N2O2/c1-14-11-4-5-13(16-8-9-17-13)10-12(11)15-6-2-3-7-15/h11-12,14H,2-10H2,1H3/t11-,12-/m1/s1. The van der Waals surface area contributed by atoms with E-state index in [-0.39, 0.29) is 5.79 Å². The number of likely N-dealkylation sites (N-methyl/N-ethyl adjacent to an activating group) is 1. The van der Waals surface area contributed by atoms with E-state index in [1.165, 1.54) is 25.9 Å². The molecule has 3 fully saturated rings. The number of nitrogens with one attached hydrogen (secondary N) is 1. The molecule has 0 radical (unpaired) electrons. The van der Waals surface area contributed by atoms with Crippen LogP contribution in [0.3, 0.4) is 0 Å². The van der Waals surface area contributed by atoms with Crippen LogP contribution in [-0.4, -0.2) is 56.1 Å². The molecule has 0 aromatic rings. The maximum Gasteiger partial charge on any atom is 0.170 e. The first kappa shape index (κ1) is 11.9. The minimum Gasteiger partial charge on any atom is -0.347 e. The van der Waals surface area contributed by atoms with Gasteiger partial charge in [0.15, 0.2) is 5.79 Å². The Labute approximate surface area is 104 Å². The summed E-state index contributed by atoms with van der Waals surface area (Å²) in [5.41, 5.74) is 0. The van der Waals surface area contributed by atoms with Crippen LogP contribution < -0.4 is 5.32 Å². The van der Waals surface area contributed by atoms with Crippen molar-refractivity contribution >= 4 is 0 Å². The summed E-state index contributed by atoms with van der Waals surface area (Å²) in [5.74, 6) is -0.249. The molecule has 2 heterocycles. The van der Waals surface area contributed by atoms with E-state index in [0.717, 1.165) is 32.5 Å². The lowest BCUT2D eigenvalue weighted by Crippen LogP contribution is -2.56. The predicted molar refractivity (Wildman–Crippen MR) is 65.9 cm³/mol. The first-order valence-corrected chi connectivity index (χ1v) is 7.02. The molecule has 4 nitrogen and oxygen atoms in total. The summed E-state index contributed by atoms with van der Waals surface area (Å²) >= 11 is 0. The third-order valence-corrected chi connectivity index (χ3v) is 4.61. The lowest BCUT2D eigenvalue weighted by molar-refractivity contribution is -0.192. The Morgan fingerprint density at radius 1 is 1.18 bits per heavy atom. The Balaban J connectivity index is 1.72. The number of ether oxygens (including phenoxy) is 2. The molecule has 1 saturated carbocycles. The second kappa shape index (κ2) is 4.84. The van der Waals surface area contributed by atoms with Crippen LogP contribution in [0.1, 0.15) is 32.1 Å². The maximum absolute atomic E-state index is 5.89. The van der Waals surface area contributed by atoms with Gasteiger partial charge in [0.2, 0.25) is 0 Å². The zero-order valence-corrected chi connectivity index (χ0v) is 10.8. The molecule has 1 aliphatic carbocycles. The molecule has 0 amide bonds. The molecule has 0 unspecified atom stereocenters. The molecule has 3 rings (SSSR count). The molecular weight excluding hydrogens is 216 g/mol. The monoisotopic (exact) mass is 240 g/mol. The second-order valence-electron chi connectivity index (χ2n) is 5.56. The molecule has 2 atom stereocenters. The maximum atomic E-state index is 5.89. The highest BCUT2D eigenvalue weighted by atomic mass is 16.7. The summed E-state index contributed by atoms with van der Waals surface area (Å²) in [4.78, 5) is 2.63. The molecule has 0 aromatic heterocycles. The van der Waals surface area contributed by atoms with Gasteiger partial charge in [0, 0.05) is 24.9 Å². The average molecular weight is 240 g/mol. The molecule has 0 aromatic carbocycles. The second-order valence-corrected chi connectivity index (χ2v) is 5.56. The number of hydrogen-bond acceptors (Lipinski definition) is 4. The molecule has 98 valence electrons. The van der Waals surface area contributed by atoms with Crippen molar-refractivity contribution in [3.05, 3.63) is 0 Å². The molecule has 1 N–H and O–H groups in total. The van der Waals surface area contributed by atoms with Gasteiger partial charge in [-0.05, 0) is 39.4 Å². The third kappa shape index (κ3) is 2.24. The summed E-state index contributed by atoms with van der Waals surface area (Å²) in [6.45, 7) is 4.05. The average Bonchev–Trinajstić information content (AvgIpc) is 3.00. The molecule has 0 bridgehead atoms. The van der Waals surface area contributed by atoms with Gasteiger partial charge < -0.3 is 14.8 Å². The van der Waals surface area contributed by atoms with Crippen molar-refractivity contribution in [2.75, 3.05) is 33.4 Å². The van der Waals surface area contributed by atoms with Crippen molar-refractivity contribution < 1.29 is 9.47 Å². The summed E-state index contributed by atoms with van der Waals surface area (Å²) in [6.07, 6.45) is 5.95. The van der Waals surface area contributed by atoms with E-state index in [4.69, 9.17) is 9.47 Å². The molecule has 1 spiro atoms. The van der Waals surface area contributed by atoms with Gasteiger partial charge in [-0.2, -0.15) is 0 Å². The fourth-order valence-electron chi connectivity index (χ4n) is 3.68. The van der Waals surface area contributed by atoms with Crippen molar-refractivity contribution in [2.45, 2.75) is 50.0 Å². The van der Waals surface area contributed by atoms with Gasteiger partial charge in [0.05, 0.1) is 13.2 Å². The molecule has 3 aliphatic rings. The summed E-state index contributed by atoms with van der Waals surface area (Å²) in [5, 5.41) is 3.48. The van der Waals surface area contributed by atoms with Gasteiger partial charge in [-0.15, -0.1) is 0 Å². The van der Waals surface area contributed by atoms with E-state index in [9.17, 15) is 0 Å². The SMILES string of the molecule is CN[C@@H]1CCC2(C[C@H]1N1CCCC1)OCCO2. The summed E-state index contributed by atoms with van der Waals surface area (Å²) in [6, 6.07) is 1.20. The van der Waals surface area contributed by atoms with E-state index >= 15 is 0 Å². The zero-order chi connectivity index (χ0) is 11.7. The minimum atomic E-state index is -0.249. The Hall–Kier alpha value is -0.160. The van der Waals surface area contributed by atoms with E-state index in [1.54, 1.807) is 0 Å². The van der Waals surface area contributed by atoms with Crippen LogP contribution in [0.5, 0.6) is 0 Å². The van der Waals surface area contributed by atoms with Crippen molar-refractivity contribution in [3.63, 3.8) is 0 Å². The van der Waals surface area contributed by atoms with Crippen molar-refractivity contribution in [1.29, 1.82) is 0 Å². The molecule has 2 saturated heterocycles. The normalized spacial score (nSPS) is 37.9. The molecule has 17 heavy (non-hydrogen) atoms. The third-order valence-electron chi connectivity index (χ3n) is 4.61. The van der Waals surface area contributed by atoms with Gasteiger partial charge in [-0.3, -0.25) is 4.90 Å². The largest absolute Gasteiger partial charge is 0.347 e. The lowest BCUT2D eigenvalue weighted by Gasteiger charge is -2.44. The van der Waals surface area contributed by atoms with Crippen LogP contribution in [0.25, 0.3) is 0 Å². The quantitative estimate of drug-likeness (QED) is 0.780. The first-order chi connectivity index (χ1) is 8.33. The summed E-state index contributed by atoms with van der Waals surface area (Å²) < 4.78 is 11.8. The summed E-state index contributed by atoms with van der Waals surface area (Å²) in [7, 11) is 2.09. The first-order valence-electron chi connectivity index (χ1n) is 7.02. The van der Waals surface area contributed by atoms with Gasteiger partial charge in [-0.1, -0.05) is 0 Å². The van der Waals surface area contributed by atoms with E-state index in [2.05, 4.69) is 17.3 Å². The Bertz CT molecular complexity index is 258. The topological polar surface area (TPSA) is 33.7 Å². The van der Waals surface area contributed by atoms with Crippen LogP contribution in [0.2, 0.25) is 0 Å². The highest BCUT2D eigenvalue weighted by Gasteiger charge is 2.46. The predicted octanol–water partition coefficient (Wildman–Crippen LogP) is 0.966. The zero-order valence-electron chi connectivity index (χ0n) is 10.8. The van der Waals surface area contributed by atoms with Gasteiger partial charge in [0.1, 0.15) is 0 Å². The number of nitrogens with zero attached hydrogens (tertiary/aromatic N) is 1. The molecule has 4 heteroatoms. The van der Waals surface area contributed by atoms with Crippen molar-refractivity contribution in [3.8, 4) is 0 Å². The Morgan fingerprint density at radius 3 is 2.53 bits per heavy atom. The Morgan fingerprint density at radius 2 is 1.88 bits per heavy atom. The van der Waals surface area contributed by atoms with E-state index in [0.29, 0.717) is 12.1 Å². The van der Waals surface area contributed by atoms with Crippen LogP contribution >= 0.6 is 0 Å². The Kier molecular flexibility index (Phi) is 3.39. The van der Waals surface area contributed by atoms with Gasteiger partial charge >= 0.3 is 0 Å². The fourth-order valence-corrected chi connectivity index (χ4v) is 3.68. The van der Waals surface area contributed by atoms with Crippen LogP contribution in [-0.2, 0) is 9.47 Å². The highest BCUT2D eigenvalue weighted by Crippen LogP contribution is 2.38. The minimum absolute atomic E-state index is 0.249. The lowest BCUT2D eigenvalue weighted by atomic mass is 9.85. The highest BCUT2D eigenvalue weighted by molar-refractivity contribution is 4.96. The van der Waals surface area contributed by atoms with Gasteiger partial charge in [-0.25, -0.2) is 0 Å². The van der Waals surface area contributed by atoms with Crippen LogP contribution in [0, 0.1) is 0 Å². The van der Waals surface area contributed by atoms with Gasteiger partial charge in [0.25, 0.3) is 0 Å². The van der Waals surface area contributed by atoms with Crippen LogP contribution in [0.4, 0.5) is 0 Å².